The Labute approximate surface area is 97.0 Å². The molecule has 1 aliphatic rings. The molecule has 3 nitrogen and oxygen atoms in total. The number of carbonyl (C=O) groups is 1. The van der Waals surface area contributed by atoms with Gasteiger partial charge in [-0.1, -0.05) is 0 Å². The van der Waals surface area contributed by atoms with Crippen molar-refractivity contribution in [2.24, 2.45) is 0 Å². The van der Waals surface area contributed by atoms with Crippen molar-refractivity contribution in [3.05, 3.63) is 0 Å². The van der Waals surface area contributed by atoms with Crippen LogP contribution in [0.4, 0.5) is 0 Å². The van der Waals surface area contributed by atoms with Gasteiger partial charge in [0.05, 0.1) is 0 Å². The Hall–Kier alpha value is -0.220. The van der Waals surface area contributed by atoms with Crippen molar-refractivity contribution in [3.63, 3.8) is 0 Å². The van der Waals surface area contributed by atoms with Gasteiger partial charge >= 0.3 is 0 Å². The summed E-state index contributed by atoms with van der Waals surface area (Å²) in [7, 11) is 3.62. The molecule has 1 aliphatic carbocycles. The quantitative estimate of drug-likeness (QED) is 0.670. The van der Waals surface area contributed by atoms with E-state index in [0.717, 1.165) is 19.5 Å². The Morgan fingerprint density at radius 3 is 2.60 bits per heavy atom. The first kappa shape index (κ1) is 12.8. The summed E-state index contributed by atoms with van der Waals surface area (Å²) in [4.78, 5) is 12.9. The largest absolute Gasteiger partial charge is 0.349 e. The van der Waals surface area contributed by atoms with Gasteiger partial charge in [0.25, 0.3) is 0 Å². The number of hydrogen-bond donors (Lipinski definition) is 1. The van der Waals surface area contributed by atoms with E-state index in [1.165, 1.54) is 12.8 Å². The molecule has 0 heterocycles. The lowest BCUT2D eigenvalue weighted by atomic mass is 10.3. The number of nitrogens with zero attached hydrogens (tertiary/aromatic N) is 1. The number of thioether (sulfide) groups is 1. The molecule has 1 saturated carbocycles. The maximum atomic E-state index is 11.3. The molecule has 88 valence electrons. The van der Waals surface area contributed by atoms with Crippen LogP contribution in [0, 0.1) is 0 Å². The normalized spacial score (nSPS) is 17.5. The lowest BCUT2D eigenvalue weighted by Crippen LogP contribution is -2.28. The summed E-state index contributed by atoms with van der Waals surface area (Å²) in [6.45, 7) is 2.06. The second-order valence-electron chi connectivity index (χ2n) is 4.46. The molecule has 0 aromatic carbocycles. The molecule has 15 heavy (non-hydrogen) atoms. The monoisotopic (exact) mass is 230 g/mol. The SMILES string of the molecule is CSC1(CNCCCC(=O)N(C)C)CC1. The number of rotatable bonds is 7. The molecule has 1 amide bonds. The third kappa shape index (κ3) is 4.43. The van der Waals surface area contributed by atoms with Crippen molar-refractivity contribution in [3.8, 4) is 0 Å². The van der Waals surface area contributed by atoms with Crippen molar-refractivity contribution in [1.29, 1.82) is 0 Å². The number of nitrogens with one attached hydrogen (secondary N) is 1. The second-order valence-corrected chi connectivity index (χ2v) is 5.73. The molecule has 0 saturated heterocycles. The summed E-state index contributed by atoms with van der Waals surface area (Å²) in [6.07, 6.45) is 6.48. The van der Waals surface area contributed by atoms with Gasteiger partial charge in [-0.25, -0.2) is 0 Å². The van der Waals surface area contributed by atoms with Crippen molar-refractivity contribution < 1.29 is 4.79 Å². The van der Waals surface area contributed by atoms with Gasteiger partial charge in [-0.2, -0.15) is 11.8 Å². The van der Waals surface area contributed by atoms with E-state index in [1.807, 2.05) is 25.9 Å². The Morgan fingerprint density at radius 1 is 1.47 bits per heavy atom. The fraction of sp³-hybridized carbons (Fsp3) is 0.909. The van der Waals surface area contributed by atoms with Gasteiger partial charge in [0.2, 0.25) is 5.91 Å². The second kappa shape index (κ2) is 5.75. The van der Waals surface area contributed by atoms with Crippen LogP contribution in [0.2, 0.25) is 0 Å². The molecule has 4 heteroatoms. The average molecular weight is 230 g/mol. The smallest absolute Gasteiger partial charge is 0.222 e. The first-order chi connectivity index (χ1) is 7.09. The standard InChI is InChI=1S/C11H22N2OS/c1-13(2)10(14)5-4-8-12-9-11(15-3)6-7-11/h12H,4-9H2,1-3H3. The van der Waals surface area contributed by atoms with Gasteiger partial charge in [0.1, 0.15) is 0 Å². The first-order valence-corrected chi connectivity index (χ1v) is 6.78. The van der Waals surface area contributed by atoms with E-state index >= 15 is 0 Å². The Bertz CT molecular complexity index is 215. The number of carbonyl (C=O) groups excluding carboxylic acids is 1. The topological polar surface area (TPSA) is 32.3 Å². The lowest BCUT2D eigenvalue weighted by molar-refractivity contribution is -0.128. The fourth-order valence-electron chi connectivity index (χ4n) is 1.50. The Kier molecular flexibility index (Phi) is 4.93. The average Bonchev–Trinajstić information content (AvgIpc) is 2.97. The lowest BCUT2D eigenvalue weighted by Gasteiger charge is -2.13. The van der Waals surface area contributed by atoms with Crippen LogP contribution < -0.4 is 5.32 Å². The minimum absolute atomic E-state index is 0.225. The summed E-state index contributed by atoms with van der Waals surface area (Å²) in [5.74, 6) is 0.225. The van der Waals surface area contributed by atoms with E-state index < -0.39 is 0 Å². The zero-order valence-corrected chi connectivity index (χ0v) is 10.8. The zero-order chi connectivity index (χ0) is 11.3. The molecule has 1 N–H and O–H groups in total. The number of hydrogen-bond acceptors (Lipinski definition) is 3. The first-order valence-electron chi connectivity index (χ1n) is 5.56. The highest BCUT2D eigenvalue weighted by molar-refractivity contribution is 8.00. The summed E-state index contributed by atoms with van der Waals surface area (Å²) >= 11 is 1.97. The minimum atomic E-state index is 0.225. The van der Waals surface area contributed by atoms with E-state index in [0.29, 0.717) is 11.2 Å². The third-order valence-electron chi connectivity index (χ3n) is 2.93. The van der Waals surface area contributed by atoms with Crippen LogP contribution in [0.5, 0.6) is 0 Å². The van der Waals surface area contributed by atoms with E-state index in [-0.39, 0.29) is 5.91 Å². The van der Waals surface area contributed by atoms with E-state index in [4.69, 9.17) is 0 Å². The molecule has 0 spiro atoms. The van der Waals surface area contributed by atoms with E-state index in [1.54, 1.807) is 4.90 Å². The predicted molar refractivity (Wildman–Crippen MR) is 66.3 cm³/mol. The maximum absolute atomic E-state index is 11.3. The van der Waals surface area contributed by atoms with Crippen LogP contribution in [0.25, 0.3) is 0 Å². The van der Waals surface area contributed by atoms with Crippen LogP contribution in [0.1, 0.15) is 25.7 Å². The van der Waals surface area contributed by atoms with Crippen molar-refractivity contribution in [2.45, 2.75) is 30.4 Å². The molecule has 0 aromatic heterocycles. The van der Waals surface area contributed by atoms with Gasteiger partial charge in [-0.05, 0) is 32.1 Å². The molecule has 0 bridgehead atoms. The zero-order valence-electron chi connectivity index (χ0n) is 10.0. The summed E-state index contributed by atoms with van der Waals surface area (Å²) in [5, 5.41) is 3.44. The van der Waals surface area contributed by atoms with Crippen LogP contribution >= 0.6 is 11.8 Å². The minimum Gasteiger partial charge on any atom is -0.349 e. The maximum Gasteiger partial charge on any atom is 0.222 e. The molecule has 0 aliphatic heterocycles. The van der Waals surface area contributed by atoms with Gasteiger partial charge in [-0.15, -0.1) is 0 Å². The third-order valence-corrected chi connectivity index (χ3v) is 4.35. The van der Waals surface area contributed by atoms with Gasteiger partial charge < -0.3 is 10.2 Å². The van der Waals surface area contributed by atoms with E-state index in [2.05, 4.69) is 11.6 Å². The van der Waals surface area contributed by atoms with Crippen LogP contribution in [0.15, 0.2) is 0 Å². The van der Waals surface area contributed by atoms with Crippen LogP contribution in [-0.4, -0.2) is 49.0 Å². The highest BCUT2D eigenvalue weighted by Gasteiger charge is 2.41. The van der Waals surface area contributed by atoms with Gasteiger partial charge in [-0.3, -0.25) is 4.79 Å². The van der Waals surface area contributed by atoms with E-state index in [9.17, 15) is 4.79 Å². The summed E-state index contributed by atoms with van der Waals surface area (Å²) in [5.41, 5.74) is 0. The highest BCUT2D eigenvalue weighted by atomic mass is 32.2. The Morgan fingerprint density at radius 2 is 2.13 bits per heavy atom. The fourth-order valence-corrected chi connectivity index (χ4v) is 2.25. The molecule has 0 atom stereocenters. The van der Waals surface area contributed by atoms with Gasteiger partial charge in [0, 0.05) is 31.8 Å². The number of amides is 1. The predicted octanol–water partition coefficient (Wildman–Crippen LogP) is 1.34. The molecular formula is C11H22N2OS. The van der Waals surface area contributed by atoms with Crippen LogP contribution in [-0.2, 0) is 4.79 Å². The summed E-state index contributed by atoms with van der Waals surface area (Å²) < 4.78 is 0.533. The molecule has 1 fully saturated rings. The van der Waals surface area contributed by atoms with Crippen molar-refractivity contribution in [2.75, 3.05) is 33.4 Å². The molecule has 0 radical (unpaired) electrons. The van der Waals surface area contributed by atoms with Crippen molar-refractivity contribution in [1.82, 2.24) is 10.2 Å². The van der Waals surface area contributed by atoms with Gasteiger partial charge in [0.15, 0.2) is 0 Å². The van der Waals surface area contributed by atoms with Crippen molar-refractivity contribution >= 4 is 17.7 Å². The Balaban J connectivity index is 1.96. The van der Waals surface area contributed by atoms with Crippen LogP contribution in [0.3, 0.4) is 0 Å². The molecular weight excluding hydrogens is 208 g/mol. The molecule has 1 rings (SSSR count). The highest BCUT2D eigenvalue weighted by Crippen LogP contribution is 2.46. The summed E-state index contributed by atoms with van der Waals surface area (Å²) in [6, 6.07) is 0. The molecule has 0 aromatic rings. The molecule has 0 unspecified atom stereocenters.